The number of rotatable bonds is 3. The Labute approximate surface area is 96.6 Å². The molecule has 1 aliphatic rings. The highest BCUT2D eigenvalue weighted by atomic mass is 32.2. The van der Waals surface area contributed by atoms with Crippen molar-refractivity contribution in [1.82, 2.24) is 0 Å². The molecular formula is C12H17NO2S. The Morgan fingerprint density at radius 1 is 1.31 bits per heavy atom. The van der Waals surface area contributed by atoms with Crippen molar-refractivity contribution in [1.29, 1.82) is 0 Å². The molecule has 1 saturated carbocycles. The lowest BCUT2D eigenvalue weighted by molar-refractivity contribution is 0.476. The zero-order chi connectivity index (χ0) is 11.8. The van der Waals surface area contributed by atoms with Crippen LogP contribution in [-0.4, -0.2) is 13.7 Å². The SMILES string of the molecule is CC(N)c1ccccc1S(=O)(=O)C1CCC1. The summed E-state index contributed by atoms with van der Waals surface area (Å²) in [6.07, 6.45) is 2.59. The van der Waals surface area contributed by atoms with Gasteiger partial charge in [-0.3, -0.25) is 0 Å². The van der Waals surface area contributed by atoms with Crippen molar-refractivity contribution in [3.05, 3.63) is 29.8 Å². The lowest BCUT2D eigenvalue weighted by Crippen LogP contribution is -2.29. The first-order valence-electron chi connectivity index (χ1n) is 5.62. The minimum Gasteiger partial charge on any atom is -0.324 e. The Morgan fingerprint density at radius 2 is 1.94 bits per heavy atom. The molecule has 0 radical (unpaired) electrons. The predicted molar refractivity (Wildman–Crippen MR) is 63.9 cm³/mol. The summed E-state index contributed by atoms with van der Waals surface area (Å²) in [6, 6.07) is 6.82. The normalized spacial score (nSPS) is 19.1. The molecule has 0 bridgehead atoms. The third-order valence-corrected chi connectivity index (χ3v) is 5.54. The van der Waals surface area contributed by atoms with E-state index in [0.29, 0.717) is 4.90 Å². The molecule has 0 aromatic heterocycles. The van der Waals surface area contributed by atoms with Crippen LogP contribution < -0.4 is 5.73 Å². The van der Waals surface area contributed by atoms with Crippen LogP contribution in [0.1, 0.15) is 37.8 Å². The van der Waals surface area contributed by atoms with E-state index in [1.165, 1.54) is 0 Å². The van der Waals surface area contributed by atoms with Crippen LogP contribution >= 0.6 is 0 Å². The molecule has 0 aliphatic heterocycles. The third-order valence-electron chi connectivity index (χ3n) is 3.21. The molecule has 0 saturated heterocycles. The molecule has 88 valence electrons. The van der Waals surface area contributed by atoms with Crippen LogP contribution in [0.15, 0.2) is 29.2 Å². The summed E-state index contributed by atoms with van der Waals surface area (Å²) in [7, 11) is -3.16. The molecule has 1 aliphatic carbocycles. The van der Waals surface area contributed by atoms with Crippen molar-refractivity contribution < 1.29 is 8.42 Å². The van der Waals surface area contributed by atoms with Gasteiger partial charge < -0.3 is 5.73 Å². The summed E-state index contributed by atoms with van der Waals surface area (Å²) < 4.78 is 24.6. The number of sulfone groups is 1. The highest BCUT2D eigenvalue weighted by Gasteiger charge is 2.34. The lowest BCUT2D eigenvalue weighted by Gasteiger charge is -2.26. The predicted octanol–water partition coefficient (Wildman–Crippen LogP) is 2.03. The van der Waals surface area contributed by atoms with Gasteiger partial charge in [0.1, 0.15) is 0 Å². The monoisotopic (exact) mass is 239 g/mol. The van der Waals surface area contributed by atoms with Crippen molar-refractivity contribution in [2.24, 2.45) is 5.73 Å². The summed E-state index contributed by atoms with van der Waals surface area (Å²) in [6.45, 7) is 1.81. The first kappa shape index (κ1) is 11.6. The van der Waals surface area contributed by atoms with Gasteiger partial charge in [0.25, 0.3) is 0 Å². The molecule has 0 spiro atoms. The van der Waals surface area contributed by atoms with Crippen molar-refractivity contribution in [2.45, 2.75) is 42.4 Å². The highest BCUT2D eigenvalue weighted by Crippen LogP contribution is 2.33. The summed E-state index contributed by atoms with van der Waals surface area (Å²) in [5, 5.41) is -0.188. The molecule has 3 nitrogen and oxygen atoms in total. The van der Waals surface area contributed by atoms with E-state index >= 15 is 0 Å². The van der Waals surface area contributed by atoms with E-state index in [0.717, 1.165) is 24.8 Å². The second-order valence-electron chi connectivity index (χ2n) is 4.42. The first-order valence-corrected chi connectivity index (χ1v) is 7.16. The van der Waals surface area contributed by atoms with Gasteiger partial charge in [-0.15, -0.1) is 0 Å². The second kappa shape index (κ2) is 4.18. The van der Waals surface area contributed by atoms with Crippen LogP contribution in [0.5, 0.6) is 0 Å². The summed E-state index contributed by atoms with van der Waals surface area (Å²) in [4.78, 5) is 0.426. The quantitative estimate of drug-likeness (QED) is 0.878. The fourth-order valence-corrected chi connectivity index (χ4v) is 4.14. The van der Waals surface area contributed by atoms with E-state index in [9.17, 15) is 8.42 Å². The smallest absolute Gasteiger partial charge is 0.181 e. The summed E-state index contributed by atoms with van der Waals surface area (Å²) in [5.74, 6) is 0. The number of hydrogen-bond donors (Lipinski definition) is 1. The van der Waals surface area contributed by atoms with Crippen molar-refractivity contribution in [2.75, 3.05) is 0 Å². The topological polar surface area (TPSA) is 60.2 Å². The molecule has 0 amide bonds. The van der Waals surface area contributed by atoms with Crippen LogP contribution in [0.4, 0.5) is 0 Å². The second-order valence-corrected chi connectivity index (χ2v) is 6.62. The average molecular weight is 239 g/mol. The minimum atomic E-state index is -3.16. The number of hydrogen-bond acceptors (Lipinski definition) is 3. The lowest BCUT2D eigenvalue weighted by atomic mass is 10.00. The fourth-order valence-electron chi connectivity index (χ4n) is 1.98. The minimum absolute atomic E-state index is 0.188. The summed E-state index contributed by atoms with van der Waals surface area (Å²) in [5.41, 5.74) is 6.54. The van der Waals surface area contributed by atoms with Gasteiger partial charge >= 0.3 is 0 Å². The molecule has 1 fully saturated rings. The first-order chi connectivity index (χ1) is 7.53. The molecule has 2 N–H and O–H groups in total. The van der Waals surface area contributed by atoms with Gasteiger partial charge in [-0.1, -0.05) is 24.6 Å². The van der Waals surface area contributed by atoms with Crippen LogP contribution in [0, 0.1) is 0 Å². The van der Waals surface area contributed by atoms with Gasteiger partial charge in [0.05, 0.1) is 10.1 Å². The van der Waals surface area contributed by atoms with Gasteiger partial charge in [0.2, 0.25) is 0 Å². The van der Waals surface area contributed by atoms with Crippen LogP contribution in [0.2, 0.25) is 0 Å². The Kier molecular flexibility index (Phi) is 3.04. The Balaban J connectivity index is 2.47. The highest BCUT2D eigenvalue weighted by molar-refractivity contribution is 7.92. The van der Waals surface area contributed by atoms with Crippen LogP contribution in [-0.2, 0) is 9.84 Å². The van der Waals surface area contributed by atoms with Crippen molar-refractivity contribution >= 4 is 9.84 Å². The maximum Gasteiger partial charge on any atom is 0.181 e. The van der Waals surface area contributed by atoms with Crippen LogP contribution in [0.3, 0.4) is 0 Å². The van der Waals surface area contributed by atoms with E-state index in [2.05, 4.69) is 0 Å². The fraction of sp³-hybridized carbons (Fsp3) is 0.500. The van der Waals surface area contributed by atoms with E-state index in [4.69, 9.17) is 5.73 Å². The van der Waals surface area contributed by atoms with Crippen molar-refractivity contribution in [3.63, 3.8) is 0 Å². The van der Waals surface area contributed by atoms with E-state index in [-0.39, 0.29) is 11.3 Å². The van der Waals surface area contributed by atoms with Crippen molar-refractivity contribution in [3.8, 4) is 0 Å². The molecule has 1 aromatic carbocycles. The van der Waals surface area contributed by atoms with E-state index in [1.807, 2.05) is 13.0 Å². The van der Waals surface area contributed by atoms with Gasteiger partial charge in [0.15, 0.2) is 9.84 Å². The van der Waals surface area contributed by atoms with E-state index < -0.39 is 9.84 Å². The molecule has 0 heterocycles. The zero-order valence-corrected chi connectivity index (χ0v) is 10.2. The standard InChI is InChI=1S/C12H17NO2S/c1-9(13)11-7-2-3-8-12(11)16(14,15)10-5-4-6-10/h2-3,7-10H,4-6,13H2,1H3. The molecule has 16 heavy (non-hydrogen) atoms. The molecule has 1 aromatic rings. The zero-order valence-electron chi connectivity index (χ0n) is 9.39. The van der Waals surface area contributed by atoms with Gasteiger partial charge in [-0.2, -0.15) is 0 Å². The largest absolute Gasteiger partial charge is 0.324 e. The van der Waals surface area contributed by atoms with E-state index in [1.54, 1.807) is 18.2 Å². The van der Waals surface area contributed by atoms with Crippen LogP contribution in [0.25, 0.3) is 0 Å². The molecule has 1 unspecified atom stereocenters. The molecule has 1 atom stereocenters. The Hall–Kier alpha value is -0.870. The number of benzene rings is 1. The number of nitrogens with two attached hydrogens (primary N) is 1. The molecule has 2 rings (SSSR count). The third kappa shape index (κ3) is 1.87. The molecular weight excluding hydrogens is 222 g/mol. The summed E-state index contributed by atoms with van der Waals surface area (Å²) >= 11 is 0. The maximum absolute atomic E-state index is 12.3. The van der Waals surface area contributed by atoms with Gasteiger partial charge in [-0.25, -0.2) is 8.42 Å². The Morgan fingerprint density at radius 3 is 2.44 bits per heavy atom. The molecule has 4 heteroatoms. The maximum atomic E-state index is 12.3. The van der Waals surface area contributed by atoms with Gasteiger partial charge in [-0.05, 0) is 31.4 Å². The Bertz CT molecular complexity index is 476. The average Bonchev–Trinajstić information content (AvgIpc) is 2.14. The van der Waals surface area contributed by atoms with Gasteiger partial charge in [0, 0.05) is 6.04 Å².